The SMILES string of the molecule is CN(C)c1ccn2c(C3CCCN3)nc(Cl)c2c1. The molecule has 0 spiro atoms. The average Bonchev–Trinajstić information content (AvgIpc) is 2.97. The van der Waals surface area contributed by atoms with Crippen LogP contribution in [-0.2, 0) is 0 Å². The molecule has 1 fully saturated rings. The van der Waals surface area contributed by atoms with Crippen molar-refractivity contribution in [3.8, 4) is 0 Å². The molecule has 0 aliphatic carbocycles. The van der Waals surface area contributed by atoms with Crippen molar-refractivity contribution in [2.24, 2.45) is 0 Å². The Morgan fingerprint density at radius 3 is 3.00 bits per heavy atom. The Hall–Kier alpha value is -1.26. The number of rotatable bonds is 2. The van der Waals surface area contributed by atoms with Crippen LogP contribution in [0.3, 0.4) is 0 Å². The van der Waals surface area contributed by atoms with Crippen LogP contribution in [0.4, 0.5) is 5.69 Å². The number of imidazole rings is 1. The largest absolute Gasteiger partial charge is 0.378 e. The van der Waals surface area contributed by atoms with Gasteiger partial charge < -0.3 is 14.6 Å². The van der Waals surface area contributed by atoms with E-state index in [0.717, 1.165) is 30.0 Å². The molecule has 1 saturated heterocycles. The standard InChI is InChI=1S/C13H17ClN4/c1-17(2)9-5-7-18-11(8-9)12(14)16-13(18)10-4-3-6-15-10/h5,7-8,10,15H,3-4,6H2,1-2H3. The summed E-state index contributed by atoms with van der Waals surface area (Å²) >= 11 is 6.25. The number of aromatic nitrogens is 2. The van der Waals surface area contributed by atoms with Crippen molar-refractivity contribution in [3.05, 3.63) is 29.3 Å². The van der Waals surface area contributed by atoms with Crippen molar-refractivity contribution >= 4 is 22.8 Å². The minimum Gasteiger partial charge on any atom is -0.378 e. The van der Waals surface area contributed by atoms with Gasteiger partial charge in [-0.1, -0.05) is 11.6 Å². The van der Waals surface area contributed by atoms with Crippen LogP contribution >= 0.6 is 11.6 Å². The second-order valence-electron chi connectivity index (χ2n) is 4.94. The fraction of sp³-hybridized carbons (Fsp3) is 0.462. The Labute approximate surface area is 112 Å². The summed E-state index contributed by atoms with van der Waals surface area (Å²) < 4.78 is 2.10. The number of anilines is 1. The summed E-state index contributed by atoms with van der Waals surface area (Å²) in [6.07, 6.45) is 4.39. The molecule has 18 heavy (non-hydrogen) atoms. The van der Waals surface area contributed by atoms with Crippen molar-refractivity contribution in [2.75, 3.05) is 25.5 Å². The van der Waals surface area contributed by atoms with Gasteiger partial charge >= 0.3 is 0 Å². The minimum atomic E-state index is 0.329. The van der Waals surface area contributed by atoms with Crippen molar-refractivity contribution in [2.45, 2.75) is 18.9 Å². The summed E-state index contributed by atoms with van der Waals surface area (Å²) in [5.74, 6) is 1.03. The van der Waals surface area contributed by atoms with Crippen LogP contribution < -0.4 is 10.2 Å². The predicted molar refractivity (Wildman–Crippen MR) is 74.5 cm³/mol. The quantitative estimate of drug-likeness (QED) is 0.905. The molecule has 1 atom stereocenters. The molecule has 1 N–H and O–H groups in total. The van der Waals surface area contributed by atoms with Gasteiger partial charge in [-0.15, -0.1) is 0 Å². The molecular formula is C13H17ClN4. The summed E-state index contributed by atoms with van der Waals surface area (Å²) in [5, 5.41) is 4.05. The van der Waals surface area contributed by atoms with E-state index in [9.17, 15) is 0 Å². The van der Waals surface area contributed by atoms with E-state index in [0.29, 0.717) is 11.2 Å². The zero-order valence-electron chi connectivity index (χ0n) is 10.7. The van der Waals surface area contributed by atoms with Gasteiger partial charge in [-0.2, -0.15) is 0 Å². The lowest BCUT2D eigenvalue weighted by molar-refractivity contribution is 0.602. The number of nitrogens with one attached hydrogen (secondary N) is 1. The predicted octanol–water partition coefficient (Wildman–Crippen LogP) is 2.48. The van der Waals surface area contributed by atoms with Crippen molar-refractivity contribution in [1.82, 2.24) is 14.7 Å². The maximum atomic E-state index is 6.25. The summed E-state index contributed by atoms with van der Waals surface area (Å²) in [6.45, 7) is 1.06. The highest BCUT2D eigenvalue weighted by Crippen LogP contribution is 2.28. The molecule has 5 heteroatoms. The first-order valence-corrected chi connectivity index (χ1v) is 6.63. The Morgan fingerprint density at radius 2 is 2.33 bits per heavy atom. The van der Waals surface area contributed by atoms with Crippen LogP contribution in [0.25, 0.3) is 5.52 Å². The monoisotopic (exact) mass is 264 g/mol. The molecule has 1 aliphatic rings. The highest BCUT2D eigenvalue weighted by molar-refractivity contribution is 6.32. The van der Waals surface area contributed by atoms with Gasteiger partial charge in [0.25, 0.3) is 0 Å². The molecule has 2 aromatic heterocycles. The third kappa shape index (κ3) is 1.85. The number of halogens is 1. The highest BCUT2D eigenvalue weighted by atomic mass is 35.5. The number of hydrogen-bond donors (Lipinski definition) is 1. The molecular weight excluding hydrogens is 248 g/mol. The summed E-state index contributed by atoms with van der Waals surface area (Å²) in [6, 6.07) is 4.49. The molecule has 0 amide bonds. The van der Waals surface area contributed by atoms with Crippen molar-refractivity contribution in [3.63, 3.8) is 0 Å². The number of nitrogens with zero attached hydrogens (tertiary/aromatic N) is 3. The van der Waals surface area contributed by atoms with Gasteiger partial charge in [0.1, 0.15) is 5.82 Å². The van der Waals surface area contributed by atoms with Crippen molar-refractivity contribution < 1.29 is 0 Å². The zero-order valence-corrected chi connectivity index (χ0v) is 11.4. The molecule has 3 heterocycles. The average molecular weight is 265 g/mol. The molecule has 0 radical (unpaired) electrons. The van der Waals surface area contributed by atoms with E-state index < -0.39 is 0 Å². The van der Waals surface area contributed by atoms with Gasteiger partial charge in [-0.25, -0.2) is 4.98 Å². The molecule has 0 aromatic carbocycles. The van der Waals surface area contributed by atoms with Crippen LogP contribution in [0.5, 0.6) is 0 Å². The first kappa shape index (κ1) is 11.8. The smallest absolute Gasteiger partial charge is 0.155 e. The lowest BCUT2D eigenvalue weighted by Gasteiger charge is -2.13. The van der Waals surface area contributed by atoms with Gasteiger partial charge in [0, 0.05) is 26.0 Å². The Kier molecular flexibility index (Phi) is 2.92. The van der Waals surface area contributed by atoms with Gasteiger partial charge in [-0.3, -0.25) is 0 Å². The fourth-order valence-electron chi connectivity index (χ4n) is 2.49. The fourth-order valence-corrected chi connectivity index (χ4v) is 2.72. The molecule has 3 rings (SSSR count). The summed E-state index contributed by atoms with van der Waals surface area (Å²) in [7, 11) is 4.05. The lowest BCUT2D eigenvalue weighted by atomic mass is 10.2. The van der Waals surface area contributed by atoms with Crippen LogP contribution in [0.2, 0.25) is 5.15 Å². The van der Waals surface area contributed by atoms with E-state index in [1.54, 1.807) is 0 Å². The maximum Gasteiger partial charge on any atom is 0.155 e. The van der Waals surface area contributed by atoms with E-state index >= 15 is 0 Å². The Bertz CT molecular complexity index is 570. The summed E-state index contributed by atoms with van der Waals surface area (Å²) in [5.41, 5.74) is 2.11. The normalized spacial score (nSPS) is 19.6. The Balaban J connectivity index is 2.12. The third-order valence-corrected chi connectivity index (χ3v) is 3.78. The molecule has 1 unspecified atom stereocenters. The topological polar surface area (TPSA) is 32.6 Å². The number of hydrogen-bond acceptors (Lipinski definition) is 3. The van der Waals surface area contributed by atoms with Crippen LogP contribution in [0.1, 0.15) is 24.7 Å². The Morgan fingerprint density at radius 1 is 1.50 bits per heavy atom. The first-order valence-electron chi connectivity index (χ1n) is 6.25. The second kappa shape index (κ2) is 4.44. The maximum absolute atomic E-state index is 6.25. The van der Waals surface area contributed by atoms with Gasteiger partial charge in [0.2, 0.25) is 0 Å². The van der Waals surface area contributed by atoms with Crippen LogP contribution in [-0.4, -0.2) is 30.0 Å². The number of fused-ring (bicyclic) bond motifs is 1. The lowest BCUT2D eigenvalue weighted by Crippen LogP contribution is -2.16. The van der Waals surface area contributed by atoms with Gasteiger partial charge in [-0.05, 0) is 31.5 Å². The molecule has 2 aromatic rings. The van der Waals surface area contributed by atoms with E-state index in [1.165, 1.54) is 6.42 Å². The van der Waals surface area contributed by atoms with Crippen LogP contribution in [0.15, 0.2) is 18.3 Å². The van der Waals surface area contributed by atoms with E-state index in [4.69, 9.17) is 11.6 Å². The van der Waals surface area contributed by atoms with E-state index in [-0.39, 0.29) is 0 Å². The van der Waals surface area contributed by atoms with E-state index in [2.05, 4.69) is 37.9 Å². The summed E-state index contributed by atoms with van der Waals surface area (Å²) in [4.78, 5) is 6.59. The molecule has 0 saturated carbocycles. The highest BCUT2D eigenvalue weighted by Gasteiger charge is 2.22. The second-order valence-corrected chi connectivity index (χ2v) is 5.30. The van der Waals surface area contributed by atoms with Gasteiger partial charge in [0.15, 0.2) is 5.15 Å². The minimum absolute atomic E-state index is 0.329. The molecule has 96 valence electrons. The van der Waals surface area contributed by atoms with Crippen molar-refractivity contribution in [1.29, 1.82) is 0 Å². The van der Waals surface area contributed by atoms with E-state index in [1.807, 2.05) is 14.1 Å². The number of pyridine rings is 1. The third-order valence-electron chi connectivity index (χ3n) is 3.50. The van der Waals surface area contributed by atoms with Crippen LogP contribution in [0, 0.1) is 0 Å². The molecule has 4 nitrogen and oxygen atoms in total. The first-order chi connectivity index (χ1) is 8.66. The molecule has 1 aliphatic heterocycles. The van der Waals surface area contributed by atoms with Gasteiger partial charge in [0.05, 0.1) is 11.6 Å². The molecule has 0 bridgehead atoms. The zero-order chi connectivity index (χ0) is 12.7.